The van der Waals surface area contributed by atoms with E-state index in [1.807, 2.05) is 25.1 Å². The molecule has 1 heterocycles. The zero-order valence-corrected chi connectivity index (χ0v) is 15.5. The Balaban J connectivity index is 1.61. The van der Waals surface area contributed by atoms with E-state index < -0.39 is 5.97 Å². The fourth-order valence-corrected chi connectivity index (χ4v) is 4.15. The predicted molar refractivity (Wildman–Crippen MR) is 101 cm³/mol. The Kier molecular flexibility index (Phi) is 5.75. The highest BCUT2D eigenvalue weighted by Crippen LogP contribution is 2.31. The van der Waals surface area contributed by atoms with Gasteiger partial charge in [-0.05, 0) is 42.8 Å². The number of carbonyl (C=O) groups excluding carboxylic acids is 2. The third kappa shape index (κ3) is 4.53. The minimum Gasteiger partial charge on any atom is -0.545 e. The van der Waals surface area contributed by atoms with Gasteiger partial charge in [0, 0.05) is 5.69 Å². The number of nitrogens with one attached hydrogen (secondary N) is 1. The van der Waals surface area contributed by atoms with Crippen molar-refractivity contribution in [1.29, 1.82) is 0 Å². The summed E-state index contributed by atoms with van der Waals surface area (Å²) in [6, 6.07) is 11.7. The SMILES string of the molecule is CCOc1ccc2nc(SCC(=O)Nc3cccc(C(=O)[O-])c3)sc2c1. The molecular weight excluding hydrogens is 372 g/mol. The number of carboxylic acid groups (broad SMARTS) is 1. The zero-order chi connectivity index (χ0) is 18.5. The van der Waals surface area contributed by atoms with Crippen LogP contribution < -0.4 is 15.2 Å². The molecule has 0 aliphatic rings. The first-order valence-electron chi connectivity index (χ1n) is 7.82. The Morgan fingerprint density at radius 1 is 1.27 bits per heavy atom. The summed E-state index contributed by atoms with van der Waals surface area (Å²) in [7, 11) is 0. The van der Waals surface area contributed by atoms with E-state index in [0.717, 1.165) is 20.3 Å². The van der Waals surface area contributed by atoms with Crippen molar-refractivity contribution in [2.24, 2.45) is 0 Å². The van der Waals surface area contributed by atoms with E-state index in [1.165, 1.54) is 35.2 Å². The summed E-state index contributed by atoms with van der Waals surface area (Å²) in [6.07, 6.45) is 0. The summed E-state index contributed by atoms with van der Waals surface area (Å²) < 4.78 is 7.26. The third-order valence-electron chi connectivity index (χ3n) is 3.36. The summed E-state index contributed by atoms with van der Waals surface area (Å²) in [4.78, 5) is 27.4. The molecule has 1 amide bonds. The number of thioether (sulfide) groups is 1. The van der Waals surface area contributed by atoms with Gasteiger partial charge in [0.2, 0.25) is 5.91 Å². The van der Waals surface area contributed by atoms with Crippen LogP contribution in [0.3, 0.4) is 0 Å². The number of nitrogens with zero attached hydrogens (tertiary/aromatic N) is 1. The highest BCUT2D eigenvalue weighted by molar-refractivity contribution is 8.01. The Morgan fingerprint density at radius 3 is 2.88 bits per heavy atom. The minimum atomic E-state index is -1.28. The van der Waals surface area contributed by atoms with Gasteiger partial charge >= 0.3 is 0 Å². The Hall–Kier alpha value is -2.58. The second-order valence-corrected chi connectivity index (χ2v) is 7.50. The maximum absolute atomic E-state index is 12.1. The van der Waals surface area contributed by atoms with Gasteiger partial charge in [0.15, 0.2) is 4.34 Å². The van der Waals surface area contributed by atoms with Crippen LogP contribution in [0.4, 0.5) is 5.69 Å². The number of aromatic carboxylic acids is 1. The van der Waals surface area contributed by atoms with Crippen LogP contribution >= 0.6 is 23.1 Å². The maximum Gasteiger partial charge on any atom is 0.234 e. The summed E-state index contributed by atoms with van der Waals surface area (Å²) in [6.45, 7) is 2.53. The molecule has 2 aromatic carbocycles. The quantitative estimate of drug-likeness (QED) is 0.627. The van der Waals surface area contributed by atoms with Crippen molar-refractivity contribution in [2.45, 2.75) is 11.3 Å². The molecule has 3 aromatic rings. The minimum absolute atomic E-state index is 0.0201. The number of rotatable bonds is 7. The van der Waals surface area contributed by atoms with Crippen molar-refractivity contribution >= 4 is 50.9 Å². The smallest absolute Gasteiger partial charge is 0.234 e. The van der Waals surface area contributed by atoms with Gasteiger partial charge in [-0.15, -0.1) is 11.3 Å². The van der Waals surface area contributed by atoms with Crippen molar-refractivity contribution in [3.63, 3.8) is 0 Å². The monoisotopic (exact) mass is 387 g/mol. The van der Waals surface area contributed by atoms with Gasteiger partial charge < -0.3 is 20.0 Å². The van der Waals surface area contributed by atoms with Gasteiger partial charge in [-0.1, -0.05) is 23.9 Å². The molecule has 0 radical (unpaired) electrons. The van der Waals surface area contributed by atoms with Gasteiger partial charge in [0.25, 0.3) is 0 Å². The Labute approximate surface area is 158 Å². The van der Waals surface area contributed by atoms with Crippen LogP contribution in [0.1, 0.15) is 17.3 Å². The molecule has 0 unspecified atom stereocenters. The van der Waals surface area contributed by atoms with Crippen LogP contribution in [0.2, 0.25) is 0 Å². The van der Waals surface area contributed by atoms with E-state index in [2.05, 4.69) is 10.3 Å². The van der Waals surface area contributed by atoms with Crippen molar-refractivity contribution in [3.8, 4) is 5.75 Å². The summed E-state index contributed by atoms with van der Waals surface area (Å²) in [5, 5.41) is 13.5. The number of hydrogen-bond acceptors (Lipinski definition) is 7. The van der Waals surface area contributed by atoms with Crippen LogP contribution in [0.5, 0.6) is 5.75 Å². The lowest BCUT2D eigenvalue weighted by Gasteiger charge is -2.07. The van der Waals surface area contributed by atoms with E-state index in [1.54, 1.807) is 12.1 Å². The van der Waals surface area contributed by atoms with Gasteiger partial charge in [-0.25, -0.2) is 4.98 Å². The molecule has 1 aromatic heterocycles. The molecule has 0 spiro atoms. The molecule has 0 fully saturated rings. The number of carbonyl (C=O) groups is 2. The first kappa shape index (κ1) is 18.2. The second kappa shape index (κ2) is 8.20. The number of aromatic nitrogens is 1. The van der Waals surface area contributed by atoms with Gasteiger partial charge in [-0.3, -0.25) is 4.79 Å². The van der Waals surface area contributed by atoms with Gasteiger partial charge in [0.05, 0.1) is 28.5 Å². The standard InChI is InChI=1S/C18H16N2O4S2/c1-2-24-13-6-7-14-15(9-13)26-18(20-14)25-10-16(21)19-12-5-3-4-11(8-12)17(22)23/h3-9H,2,10H2,1H3,(H,19,21)(H,22,23)/p-1. The third-order valence-corrected chi connectivity index (χ3v) is 5.52. The van der Waals surface area contributed by atoms with E-state index in [4.69, 9.17) is 4.74 Å². The lowest BCUT2D eigenvalue weighted by Crippen LogP contribution is -2.22. The number of fused-ring (bicyclic) bond motifs is 1. The number of amides is 1. The molecule has 134 valence electrons. The predicted octanol–water partition coefficient (Wildman–Crippen LogP) is 2.79. The molecule has 0 saturated heterocycles. The first-order chi connectivity index (χ1) is 12.5. The molecule has 0 atom stereocenters. The summed E-state index contributed by atoms with van der Waals surface area (Å²) in [5.41, 5.74) is 1.30. The fraction of sp³-hybridized carbons (Fsp3) is 0.167. The average molecular weight is 387 g/mol. The first-order valence-corrected chi connectivity index (χ1v) is 9.63. The fourth-order valence-electron chi connectivity index (χ4n) is 2.25. The number of hydrogen-bond donors (Lipinski definition) is 1. The lowest BCUT2D eigenvalue weighted by atomic mass is 10.2. The number of benzene rings is 2. The largest absolute Gasteiger partial charge is 0.545 e. The van der Waals surface area contributed by atoms with Crippen molar-refractivity contribution in [1.82, 2.24) is 4.98 Å². The Bertz CT molecular complexity index is 955. The second-order valence-electron chi connectivity index (χ2n) is 5.25. The number of anilines is 1. The number of thiazole rings is 1. The Morgan fingerprint density at radius 2 is 2.12 bits per heavy atom. The molecule has 26 heavy (non-hydrogen) atoms. The van der Waals surface area contributed by atoms with E-state index in [-0.39, 0.29) is 17.2 Å². The highest BCUT2D eigenvalue weighted by Gasteiger charge is 2.09. The van der Waals surface area contributed by atoms with Gasteiger partial charge in [-0.2, -0.15) is 0 Å². The normalized spacial score (nSPS) is 10.7. The molecule has 1 N–H and O–H groups in total. The van der Waals surface area contributed by atoms with Crippen molar-refractivity contribution < 1.29 is 19.4 Å². The number of ether oxygens (including phenoxy) is 1. The average Bonchev–Trinajstić information content (AvgIpc) is 3.03. The van der Waals surface area contributed by atoms with Crippen molar-refractivity contribution in [2.75, 3.05) is 17.7 Å². The molecule has 6 nitrogen and oxygen atoms in total. The summed E-state index contributed by atoms with van der Waals surface area (Å²) in [5.74, 6) is -0.546. The number of carboxylic acids is 1. The van der Waals surface area contributed by atoms with E-state index >= 15 is 0 Å². The molecule has 0 saturated carbocycles. The molecule has 0 aliphatic carbocycles. The zero-order valence-electron chi connectivity index (χ0n) is 13.9. The van der Waals surface area contributed by atoms with Crippen LogP contribution in [-0.4, -0.2) is 29.2 Å². The van der Waals surface area contributed by atoms with E-state index in [0.29, 0.717) is 12.3 Å². The topological polar surface area (TPSA) is 91.3 Å². The van der Waals surface area contributed by atoms with Crippen LogP contribution in [0.15, 0.2) is 46.8 Å². The van der Waals surface area contributed by atoms with Crippen LogP contribution in [0.25, 0.3) is 10.2 Å². The molecular formula is C18H15N2O4S2-. The highest BCUT2D eigenvalue weighted by atomic mass is 32.2. The molecule has 0 bridgehead atoms. The maximum atomic E-state index is 12.1. The molecule has 3 rings (SSSR count). The molecule has 0 aliphatic heterocycles. The van der Waals surface area contributed by atoms with Gasteiger partial charge in [0.1, 0.15) is 5.75 Å². The van der Waals surface area contributed by atoms with Crippen LogP contribution in [-0.2, 0) is 4.79 Å². The van der Waals surface area contributed by atoms with Crippen LogP contribution in [0, 0.1) is 0 Å². The lowest BCUT2D eigenvalue weighted by molar-refractivity contribution is -0.255. The molecule has 8 heteroatoms. The van der Waals surface area contributed by atoms with E-state index in [9.17, 15) is 14.7 Å². The van der Waals surface area contributed by atoms with Crippen molar-refractivity contribution in [3.05, 3.63) is 48.0 Å². The summed E-state index contributed by atoms with van der Waals surface area (Å²) >= 11 is 2.83.